The van der Waals surface area contributed by atoms with E-state index in [1.54, 1.807) is 43.6 Å². The van der Waals surface area contributed by atoms with Crippen molar-refractivity contribution in [2.24, 2.45) is 0 Å². The third-order valence-corrected chi connectivity index (χ3v) is 2.82. The topological polar surface area (TPSA) is 80.0 Å². The first-order chi connectivity index (χ1) is 9.10. The Morgan fingerprint density at radius 2 is 2.11 bits per heavy atom. The second kappa shape index (κ2) is 5.58. The van der Waals surface area contributed by atoms with Gasteiger partial charge in [0.25, 0.3) is 5.91 Å². The van der Waals surface area contributed by atoms with E-state index in [0.29, 0.717) is 27.8 Å². The number of carbonyl (C=O) groups excluding carboxylic acids is 1. The molecule has 0 atom stereocenters. The van der Waals surface area contributed by atoms with Crippen molar-refractivity contribution in [2.45, 2.75) is 0 Å². The molecule has 0 aliphatic rings. The van der Waals surface area contributed by atoms with Crippen LogP contribution in [0.1, 0.15) is 10.5 Å². The third-order valence-electron chi connectivity index (χ3n) is 2.49. The maximum Gasteiger partial charge on any atom is 0.269 e. The molecule has 4 N–H and O–H groups in total. The Bertz CT molecular complexity index is 615. The van der Waals surface area contributed by atoms with Crippen molar-refractivity contribution in [2.75, 3.05) is 18.1 Å². The van der Waals surface area contributed by atoms with Gasteiger partial charge in [0.05, 0.1) is 10.7 Å². The van der Waals surface area contributed by atoms with E-state index >= 15 is 0 Å². The summed E-state index contributed by atoms with van der Waals surface area (Å²) in [5.41, 5.74) is 8.02. The molecule has 0 aliphatic carbocycles. The highest BCUT2D eigenvalue weighted by molar-refractivity contribution is 6.33. The quantitative estimate of drug-likeness (QED) is 0.752. The monoisotopic (exact) mass is 276 g/mol. The molecule has 0 saturated carbocycles. The molecule has 0 fully saturated rings. The third kappa shape index (κ3) is 3.14. The van der Waals surface area contributed by atoms with Gasteiger partial charge in [-0.05, 0) is 30.3 Å². The molecular weight excluding hydrogens is 264 g/mol. The number of anilines is 3. The lowest BCUT2D eigenvalue weighted by Crippen LogP contribution is -2.19. The van der Waals surface area contributed by atoms with Gasteiger partial charge in [0.1, 0.15) is 5.69 Å². The molecule has 0 aliphatic heterocycles. The Morgan fingerprint density at radius 3 is 2.84 bits per heavy atom. The van der Waals surface area contributed by atoms with Crippen LogP contribution in [0.3, 0.4) is 0 Å². The minimum absolute atomic E-state index is 0.248. The number of hydrogen-bond donors (Lipinski definition) is 3. The van der Waals surface area contributed by atoms with Gasteiger partial charge in [-0.25, -0.2) is 0 Å². The number of carbonyl (C=O) groups is 1. The first-order valence-corrected chi connectivity index (χ1v) is 5.98. The lowest BCUT2D eigenvalue weighted by atomic mass is 10.2. The van der Waals surface area contributed by atoms with E-state index in [0.717, 1.165) is 0 Å². The molecule has 2 rings (SSSR count). The number of halogens is 1. The molecule has 98 valence electrons. The van der Waals surface area contributed by atoms with Crippen molar-refractivity contribution in [1.29, 1.82) is 0 Å². The summed E-state index contributed by atoms with van der Waals surface area (Å²) in [5, 5.41) is 6.17. The van der Waals surface area contributed by atoms with Crippen molar-refractivity contribution in [3.05, 3.63) is 47.2 Å². The predicted molar refractivity (Wildman–Crippen MR) is 76.8 cm³/mol. The molecule has 6 heteroatoms. The number of benzene rings is 1. The molecule has 1 amide bonds. The largest absolute Gasteiger partial charge is 0.399 e. The van der Waals surface area contributed by atoms with Crippen LogP contribution in [0.5, 0.6) is 0 Å². The van der Waals surface area contributed by atoms with Gasteiger partial charge in [0.15, 0.2) is 0 Å². The number of nitrogens with one attached hydrogen (secondary N) is 2. The zero-order valence-electron chi connectivity index (χ0n) is 10.3. The summed E-state index contributed by atoms with van der Waals surface area (Å²) in [7, 11) is 1.55. The second-order valence-electron chi connectivity index (χ2n) is 3.87. The Morgan fingerprint density at radius 1 is 1.32 bits per heavy atom. The Hall–Kier alpha value is -2.27. The summed E-state index contributed by atoms with van der Waals surface area (Å²) in [6.07, 6.45) is 1.55. The van der Waals surface area contributed by atoms with E-state index < -0.39 is 0 Å². The molecule has 0 radical (unpaired) electrons. The van der Waals surface area contributed by atoms with Crippen molar-refractivity contribution >= 4 is 34.6 Å². The lowest BCUT2D eigenvalue weighted by Gasteiger charge is -2.10. The van der Waals surface area contributed by atoms with Gasteiger partial charge in [-0.1, -0.05) is 11.6 Å². The summed E-state index contributed by atoms with van der Waals surface area (Å²) < 4.78 is 0. The van der Waals surface area contributed by atoms with Gasteiger partial charge >= 0.3 is 0 Å². The van der Waals surface area contributed by atoms with E-state index in [9.17, 15) is 4.79 Å². The summed E-state index contributed by atoms with van der Waals surface area (Å²) in [6.45, 7) is 0. The summed E-state index contributed by atoms with van der Waals surface area (Å²) in [4.78, 5) is 15.5. The molecule has 0 unspecified atom stereocenters. The summed E-state index contributed by atoms with van der Waals surface area (Å²) >= 11 is 6.06. The van der Waals surface area contributed by atoms with E-state index in [-0.39, 0.29) is 5.91 Å². The maximum atomic E-state index is 11.5. The van der Waals surface area contributed by atoms with Crippen LogP contribution in [0.4, 0.5) is 17.1 Å². The number of pyridine rings is 1. The van der Waals surface area contributed by atoms with E-state index in [2.05, 4.69) is 15.6 Å². The lowest BCUT2D eigenvalue weighted by molar-refractivity contribution is 0.0958. The highest BCUT2D eigenvalue weighted by Crippen LogP contribution is 2.27. The number of nitrogens with zero attached hydrogens (tertiary/aromatic N) is 1. The van der Waals surface area contributed by atoms with Crippen LogP contribution in [-0.4, -0.2) is 17.9 Å². The molecule has 1 heterocycles. The van der Waals surface area contributed by atoms with Crippen LogP contribution >= 0.6 is 11.6 Å². The average molecular weight is 277 g/mol. The Balaban J connectivity index is 2.28. The highest BCUT2D eigenvalue weighted by Gasteiger charge is 2.07. The van der Waals surface area contributed by atoms with Crippen LogP contribution < -0.4 is 16.4 Å². The Labute approximate surface area is 115 Å². The fourth-order valence-electron chi connectivity index (χ4n) is 1.55. The van der Waals surface area contributed by atoms with Gasteiger partial charge in [-0.3, -0.25) is 9.78 Å². The van der Waals surface area contributed by atoms with Crippen molar-refractivity contribution < 1.29 is 4.79 Å². The first kappa shape index (κ1) is 13.2. The van der Waals surface area contributed by atoms with Crippen LogP contribution in [0.25, 0.3) is 0 Å². The number of nitrogen functional groups attached to an aromatic ring is 1. The van der Waals surface area contributed by atoms with E-state index in [1.807, 2.05) is 0 Å². The highest BCUT2D eigenvalue weighted by atomic mass is 35.5. The van der Waals surface area contributed by atoms with Gasteiger partial charge in [0.2, 0.25) is 0 Å². The summed E-state index contributed by atoms with van der Waals surface area (Å²) in [6, 6.07) is 8.53. The predicted octanol–water partition coefficient (Wildman–Crippen LogP) is 2.42. The van der Waals surface area contributed by atoms with E-state index in [4.69, 9.17) is 17.3 Å². The van der Waals surface area contributed by atoms with Gasteiger partial charge in [0, 0.05) is 24.6 Å². The van der Waals surface area contributed by atoms with E-state index in [1.165, 1.54) is 0 Å². The first-order valence-electron chi connectivity index (χ1n) is 5.60. The molecule has 0 saturated heterocycles. The molecule has 0 bridgehead atoms. The number of amides is 1. The van der Waals surface area contributed by atoms with Crippen molar-refractivity contribution in [3.63, 3.8) is 0 Å². The molecule has 5 nitrogen and oxygen atoms in total. The second-order valence-corrected chi connectivity index (χ2v) is 4.28. The van der Waals surface area contributed by atoms with Crippen LogP contribution in [0.2, 0.25) is 5.02 Å². The van der Waals surface area contributed by atoms with Gasteiger partial charge in [-0.15, -0.1) is 0 Å². The molecule has 1 aromatic carbocycles. The molecule has 2 aromatic rings. The molecule has 0 spiro atoms. The fourth-order valence-corrected chi connectivity index (χ4v) is 1.72. The number of rotatable bonds is 3. The standard InChI is InChI=1S/C13H13ClN4O/c1-16-13(19)12-7-9(4-5-17-12)18-11-6-8(15)2-3-10(11)14/h2-7H,15H2,1H3,(H,16,19)(H,17,18). The average Bonchev–Trinajstić information content (AvgIpc) is 2.42. The molecule has 19 heavy (non-hydrogen) atoms. The Kier molecular flexibility index (Phi) is 3.87. The van der Waals surface area contributed by atoms with Crippen LogP contribution in [0, 0.1) is 0 Å². The fraction of sp³-hybridized carbons (Fsp3) is 0.0769. The normalized spacial score (nSPS) is 10.0. The van der Waals surface area contributed by atoms with Crippen molar-refractivity contribution in [1.82, 2.24) is 10.3 Å². The smallest absolute Gasteiger partial charge is 0.269 e. The van der Waals surface area contributed by atoms with Crippen molar-refractivity contribution in [3.8, 4) is 0 Å². The number of nitrogens with two attached hydrogens (primary N) is 1. The van der Waals surface area contributed by atoms with Crippen LogP contribution in [0.15, 0.2) is 36.5 Å². The number of hydrogen-bond acceptors (Lipinski definition) is 4. The van der Waals surface area contributed by atoms with Gasteiger partial charge < -0.3 is 16.4 Å². The molecular formula is C13H13ClN4O. The summed E-state index contributed by atoms with van der Waals surface area (Å²) in [5.74, 6) is -0.248. The van der Waals surface area contributed by atoms with Crippen LogP contribution in [-0.2, 0) is 0 Å². The zero-order chi connectivity index (χ0) is 13.8. The SMILES string of the molecule is CNC(=O)c1cc(Nc2cc(N)ccc2Cl)ccn1. The maximum absolute atomic E-state index is 11.5. The minimum Gasteiger partial charge on any atom is -0.399 e. The minimum atomic E-state index is -0.248. The number of aromatic nitrogens is 1. The van der Waals surface area contributed by atoms with Gasteiger partial charge in [-0.2, -0.15) is 0 Å². The molecule has 1 aromatic heterocycles. The zero-order valence-corrected chi connectivity index (χ0v) is 11.0.